The number of fused-ring (bicyclic) bond motifs is 1. The molecule has 6 nitrogen and oxygen atoms in total. The highest BCUT2D eigenvalue weighted by molar-refractivity contribution is 6.41. The van der Waals surface area contributed by atoms with Crippen molar-refractivity contribution in [3.8, 4) is 0 Å². The number of nitrogens with two attached hydrogens (primary N) is 1. The fourth-order valence-electron chi connectivity index (χ4n) is 2.11. The molecule has 114 valence electrons. The van der Waals surface area contributed by atoms with Crippen molar-refractivity contribution >= 4 is 34.2 Å². The molecule has 0 unspecified atom stereocenters. The quantitative estimate of drug-likeness (QED) is 0.830. The molecule has 0 bridgehead atoms. The van der Waals surface area contributed by atoms with E-state index in [-0.39, 0.29) is 13.1 Å². The van der Waals surface area contributed by atoms with Crippen molar-refractivity contribution in [2.45, 2.75) is 6.92 Å². The summed E-state index contributed by atoms with van der Waals surface area (Å²) in [5, 5.41) is 4.48. The maximum atomic E-state index is 12.0. The molecule has 2 rings (SSSR count). The second-order valence-corrected chi connectivity index (χ2v) is 4.78. The van der Waals surface area contributed by atoms with Gasteiger partial charge in [0, 0.05) is 25.7 Å². The Morgan fingerprint density at radius 2 is 1.77 bits per heavy atom. The molecule has 0 radical (unpaired) electrons. The summed E-state index contributed by atoms with van der Waals surface area (Å²) < 4.78 is 0. The standard InChI is InChI=1S/C16H17N3O3/c1-11(20)19(9-8-17)16(22)15(21)18-14-7-6-12-4-2-3-5-13(12)10-14/h2-7,10H,8-9,17H2,1H3,(H,18,21). The Balaban J connectivity index is 2.15. The topological polar surface area (TPSA) is 92.5 Å². The van der Waals surface area contributed by atoms with Crippen molar-refractivity contribution in [1.82, 2.24) is 4.90 Å². The highest BCUT2D eigenvalue weighted by Gasteiger charge is 2.24. The van der Waals surface area contributed by atoms with E-state index in [1.165, 1.54) is 6.92 Å². The van der Waals surface area contributed by atoms with Crippen LogP contribution in [0.15, 0.2) is 42.5 Å². The number of anilines is 1. The number of hydrogen-bond acceptors (Lipinski definition) is 4. The van der Waals surface area contributed by atoms with Crippen molar-refractivity contribution < 1.29 is 14.4 Å². The first kappa shape index (κ1) is 15.7. The first-order chi connectivity index (χ1) is 10.5. The van der Waals surface area contributed by atoms with Crippen LogP contribution in [0.2, 0.25) is 0 Å². The molecule has 0 aliphatic carbocycles. The average molecular weight is 299 g/mol. The van der Waals surface area contributed by atoms with Crippen LogP contribution < -0.4 is 11.1 Å². The van der Waals surface area contributed by atoms with Gasteiger partial charge in [-0.2, -0.15) is 0 Å². The molecule has 22 heavy (non-hydrogen) atoms. The first-order valence-corrected chi connectivity index (χ1v) is 6.85. The van der Waals surface area contributed by atoms with Gasteiger partial charge in [0.05, 0.1) is 0 Å². The Morgan fingerprint density at radius 3 is 2.41 bits per heavy atom. The van der Waals surface area contributed by atoms with Gasteiger partial charge >= 0.3 is 11.8 Å². The maximum absolute atomic E-state index is 12.0. The predicted molar refractivity (Wildman–Crippen MR) is 84.0 cm³/mol. The van der Waals surface area contributed by atoms with E-state index in [1.807, 2.05) is 30.3 Å². The van der Waals surface area contributed by atoms with E-state index in [9.17, 15) is 14.4 Å². The lowest BCUT2D eigenvalue weighted by Crippen LogP contribution is -2.44. The summed E-state index contributed by atoms with van der Waals surface area (Å²) in [6, 6.07) is 13.0. The molecule has 6 heteroatoms. The monoisotopic (exact) mass is 299 g/mol. The van der Waals surface area contributed by atoms with E-state index < -0.39 is 17.7 Å². The smallest absolute Gasteiger partial charge is 0.318 e. The molecule has 3 N–H and O–H groups in total. The summed E-state index contributed by atoms with van der Waals surface area (Å²) in [7, 11) is 0. The van der Waals surface area contributed by atoms with Crippen LogP contribution in [0.4, 0.5) is 5.69 Å². The van der Waals surface area contributed by atoms with E-state index in [4.69, 9.17) is 5.73 Å². The Hall–Kier alpha value is -2.73. The van der Waals surface area contributed by atoms with Gasteiger partial charge in [-0.1, -0.05) is 30.3 Å². The van der Waals surface area contributed by atoms with Crippen LogP contribution in [0.1, 0.15) is 6.92 Å². The van der Waals surface area contributed by atoms with E-state index in [0.29, 0.717) is 5.69 Å². The summed E-state index contributed by atoms with van der Waals surface area (Å²) in [4.78, 5) is 36.2. The van der Waals surface area contributed by atoms with Crippen LogP contribution in [0, 0.1) is 0 Å². The lowest BCUT2D eigenvalue weighted by molar-refractivity contribution is -0.149. The van der Waals surface area contributed by atoms with Gasteiger partial charge in [-0.05, 0) is 22.9 Å². The predicted octanol–water partition coefficient (Wildman–Crippen LogP) is 1.11. The van der Waals surface area contributed by atoms with Crippen LogP contribution in [-0.2, 0) is 14.4 Å². The fourth-order valence-corrected chi connectivity index (χ4v) is 2.11. The molecule has 0 heterocycles. The van der Waals surface area contributed by atoms with Crippen LogP contribution in [0.25, 0.3) is 10.8 Å². The van der Waals surface area contributed by atoms with Gasteiger partial charge in [0.2, 0.25) is 5.91 Å². The van der Waals surface area contributed by atoms with E-state index in [1.54, 1.807) is 12.1 Å². The molecule has 2 aromatic carbocycles. The number of amides is 3. The zero-order valence-electron chi connectivity index (χ0n) is 12.2. The summed E-state index contributed by atoms with van der Waals surface area (Å²) in [5.74, 6) is -2.28. The number of nitrogens with one attached hydrogen (secondary N) is 1. The highest BCUT2D eigenvalue weighted by Crippen LogP contribution is 2.18. The Bertz CT molecular complexity index is 727. The van der Waals surface area contributed by atoms with Gasteiger partial charge in [-0.3, -0.25) is 19.3 Å². The minimum absolute atomic E-state index is 0.0132. The minimum Gasteiger partial charge on any atom is -0.329 e. The molecular weight excluding hydrogens is 282 g/mol. The normalized spacial score (nSPS) is 10.3. The number of rotatable bonds is 3. The average Bonchev–Trinajstić information content (AvgIpc) is 2.51. The number of carbonyl (C=O) groups is 3. The maximum Gasteiger partial charge on any atom is 0.318 e. The minimum atomic E-state index is -0.911. The number of benzene rings is 2. The van der Waals surface area contributed by atoms with Crippen LogP contribution in [-0.4, -0.2) is 35.7 Å². The van der Waals surface area contributed by atoms with Gasteiger partial charge in [-0.25, -0.2) is 0 Å². The van der Waals surface area contributed by atoms with Crippen molar-refractivity contribution in [2.75, 3.05) is 18.4 Å². The lowest BCUT2D eigenvalue weighted by Gasteiger charge is -2.17. The number of imide groups is 1. The third-order valence-corrected chi connectivity index (χ3v) is 3.18. The Labute approximate surface area is 127 Å². The fraction of sp³-hybridized carbons (Fsp3) is 0.188. The molecule has 0 saturated heterocycles. The number of carbonyl (C=O) groups excluding carboxylic acids is 3. The van der Waals surface area contributed by atoms with E-state index in [2.05, 4.69) is 5.32 Å². The molecule has 0 saturated carbocycles. The largest absolute Gasteiger partial charge is 0.329 e. The molecule has 0 aliphatic rings. The second-order valence-electron chi connectivity index (χ2n) is 4.78. The first-order valence-electron chi connectivity index (χ1n) is 6.85. The molecular formula is C16H17N3O3. The zero-order chi connectivity index (χ0) is 16.1. The van der Waals surface area contributed by atoms with Crippen LogP contribution >= 0.6 is 0 Å². The zero-order valence-corrected chi connectivity index (χ0v) is 12.2. The Kier molecular flexibility index (Phi) is 4.85. The molecule has 0 atom stereocenters. The SMILES string of the molecule is CC(=O)N(CCN)C(=O)C(=O)Nc1ccc2ccccc2c1. The van der Waals surface area contributed by atoms with Crippen molar-refractivity contribution in [3.05, 3.63) is 42.5 Å². The van der Waals surface area contributed by atoms with Gasteiger partial charge in [0.1, 0.15) is 0 Å². The number of hydrogen-bond donors (Lipinski definition) is 2. The number of nitrogens with zero attached hydrogens (tertiary/aromatic N) is 1. The summed E-state index contributed by atoms with van der Waals surface area (Å²) in [6.07, 6.45) is 0. The van der Waals surface area contributed by atoms with Crippen molar-refractivity contribution in [1.29, 1.82) is 0 Å². The molecule has 0 aliphatic heterocycles. The third kappa shape index (κ3) is 3.48. The van der Waals surface area contributed by atoms with Gasteiger partial charge in [0.15, 0.2) is 0 Å². The summed E-state index contributed by atoms with van der Waals surface area (Å²) >= 11 is 0. The molecule has 0 aromatic heterocycles. The third-order valence-electron chi connectivity index (χ3n) is 3.18. The van der Waals surface area contributed by atoms with E-state index >= 15 is 0 Å². The van der Waals surface area contributed by atoms with Crippen LogP contribution in [0.3, 0.4) is 0 Å². The van der Waals surface area contributed by atoms with Gasteiger partial charge in [0.25, 0.3) is 0 Å². The molecule has 3 amide bonds. The molecule has 0 fully saturated rings. The van der Waals surface area contributed by atoms with E-state index in [0.717, 1.165) is 15.7 Å². The van der Waals surface area contributed by atoms with Gasteiger partial charge in [-0.15, -0.1) is 0 Å². The van der Waals surface area contributed by atoms with Crippen molar-refractivity contribution in [2.24, 2.45) is 5.73 Å². The van der Waals surface area contributed by atoms with Gasteiger partial charge < -0.3 is 11.1 Å². The highest BCUT2D eigenvalue weighted by atomic mass is 16.2. The second kappa shape index (κ2) is 6.82. The molecule has 0 spiro atoms. The summed E-state index contributed by atoms with van der Waals surface area (Å²) in [6.45, 7) is 1.34. The Morgan fingerprint density at radius 1 is 1.09 bits per heavy atom. The van der Waals surface area contributed by atoms with Crippen molar-refractivity contribution in [3.63, 3.8) is 0 Å². The lowest BCUT2D eigenvalue weighted by atomic mass is 10.1. The van der Waals surface area contributed by atoms with Crippen LogP contribution in [0.5, 0.6) is 0 Å². The molecule has 2 aromatic rings. The summed E-state index contributed by atoms with van der Waals surface area (Å²) in [5.41, 5.74) is 5.84.